The summed E-state index contributed by atoms with van der Waals surface area (Å²) in [6, 6.07) is 0. The molecular weight excluding hydrogens is 181 g/mol. The van der Waals surface area contributed by atoms with Gasteiger partial charge in [0.05, 0.1) is 0 Å². The van der Waals surface area contributed by atoms with Gasteiger partial charge in [0.25, 0.3) is 0 Å². The molecule has 0 unspecified atom stereocenters. The molecule has 0 aliphatic heterocycles. The number of rotatable bonds is 2. The molecule has 1 radical (unpaired) electrons. The van der Waals surface area contributed by atoms with Crippen LogP contribution in [0.4, 0.5) is 0 Å². The number of nitrogens with one attached hydrogen (secondary N) is 1. The van der Waals surface area contributed by atoms with E-state index in [1.165, 1.54) is 0 Å². The first-order valence-corrected chi connectivity index (χ1v) is 4.06. The Morgan fingerprint density at radius 1 is 1.67 bits per heavy atom. The van der Waals surface area contributed by atoms with Gasteiger partial charge in [-0.15, -0.1) is 0 Å². The van der Waals surface area contributed by atoms with Crippen LogP contribution in [0.25, 0.3) is 0 Å². The molecule has 0 aromatic heterocycles. The summed E-state index contributed by atoms with van der Waals surface area (Å²) in [5, 5.41) is 3.35. The number of hydrogen-bond acceptors (Lipinski definition) is 1. The summed E-state index contributed by atoms with van der Waals surface area (Å²) in [7, 11) is 1.65. The minimum absolute atomic E-state index is 0.0845. The Labute approximate surface area is 64.2 Å². The molecule has 0 aliphatic rings. The molecule has 0 saturated heterocycles. The monoisotopic (exact) mass is 194 g/mol. The maximum absolute atomic E-state index is 10.9. The van der Waals surface area contributed by atoms with Gasteiger partial charge in [-0.05, 0) is 0 Å². The number of carbonyl (C=O) groups is 1. The Hall–Kier alpha value is -0.0105. The maximum atomic E-state index is 10.9. The predicted octanol–water partition coefficient (Wildman–Crippen LogP) is 0.345. The molecule has 0 bridgehead atoms. The van der Waals surface area contributed by atoms with E-state index in [9.17, 15) is 4.79 Å². The summed E-state index contributed by atoms with van der Waals surface area (Å²) < 4.78 is 0. The van der Waals surface area contributed by atoms with Crippen LogP contribution >= 0.6 is 0 Å². The molecule has 0 saturated carbocycles. The van der Waals surface area contributed by atoms with E-state index in [1.807, 2.05) is 13.8 Å². The molecule has 3 heteroatoms. The average molecular weight is 193 g/mol. The zero-order valence-corrected chi connectivity index (χ0v) is 7.74. The topological polar surface area (TPSA) is 29.1 Å². The second-order valence-corrected chi connectivity index (χ2v) is 3.21. The van der Waals surface area contributed by atoms with Crippen molar-refractivity contribution in [2.75, 3.05) is 7.05 Å². The first-order valence-electron chi connectivity index (χ1n) is 2.85. The van der Waals surface area contributed by atoms with Crippen LogP contribution in [0.5, 0.6) is 0 Å². The fraction of sp³-hybridized carbons (Fsp3) is 0.833. The first-order chi connectivity index (χ1) is 4.04. The molecule has 0 aromatic rings. The zero-order chi connectivity index (χ0) is 7.49. The fourth-order valence-electron chi connectivity index (χ4n) is 0.404. The van der Waals surface area contributed by atoms with Crippen LogP contribution in [0.2, 0.25) is 5.32 Å². The second-order valence-electron chi connectivity index (χ2n) is 2.61. The summed E-state index contributed by atoms with van der Waals surface area (Å²) in [5.74, 6) is 0.0845. The van der Waals surface area contributed by atoms with E-state index >= 15 is 0 Å². The van der Waals surface area contributed by atoms with Gasteiger partial charge in [-0.1, -0.05) is 0 Å². The Bertz CT molecular complexity index is 112. The number of carbonyl (C=O) groups excluding carboxylic acids is 1. The van der Waals surface area contributed by atoms with Crippen LogP contribution < -0.4 is 5.32 Å². The number of hydrogen-bond donors (Lipinski definition) is 1. The Kier molecular flexibility index (Phi) is 3.23. The van der Waals surface area contributed by atoms with E-state index in [4.69, 9.17) is 0 Å². The SMILES string of the molecule is CNC(=O)C(C)(C)C[Se]. The summed E-state index contributed by atoms with van der Waals surface area (Å²) in [6.07, 6.45) is 0. The van der Waals surface area contributed by atoms with Crippen molar-refractivity contribution in [3.05, 3.63) is 0 Å². The van der Waals surface area contributed by atoms with Gasteiger partial charge in [-0.3, -0.25) is 0 Å². The zero-order valence-electron chi connectivity index (χ0n) is 6.02. The molecular formula is C6H12NOSe. The van der Waals surface area contributed by atoms with E-state index in [0.29, 0.717) is 0 Å². The summed E-state index contributed by atoms with van der Waals surface area (Å²) in [5.41, 5.74) is -0.255. The van der Waals surface area contributed by atoms with Gasteiger partial charge in [0.1, 0.15) is 0 Å². The third-order valence-electron chi connectivity index (χ3n) is 1.20. The Morgan fingerprint density at radius 3 is 2.22 bits per heavy atom. The van der Waals surface area contributed by atoms with Crippen LogP contribution in [0.1, 0.15) is 13.8 Å². The summed E-state index contributed by atoms with van der Waals surface area (Å²) >= 11 is 2.84. The van der Waals surface area contributed by atoms with Crippen molar-refractivity contribution in [3.8, 4) is 0 Å². The second kappa shape index (κ2) is 3.23. The third kappa shape index (κ3) is 2.37. The fourth-order valence-corrected chi connectivity index (χ4v) is 0.679. The van der Waals surface area contributed by atoms with Gasteiger partial charge in [-0.2, -0.15) is 0 Å². The van der Waals surface area contributed by atoms with Crippen LogP contribution in [-0.4, -0.2) is 29.0 Å². The van der Waals surface area contributed by atoms with Gasteiger partial charge < -0.3 is 0 Å². The standard InChI is InChI=1S/C6H12NOSe/c1-6(2,4-9)5(8)7-3/h4H2,1-3H3,(H,7,8). The molecule has 1 amide bonds. The summed E-state index contributed by atoms with van der Waals surface area (Å²) in [6.45, 7) is 3.81. The van der Waals surface area contributed by atoms with Gasteiger partial charge in [-0.25, -0.2) is 0 Å². The van der Waals surface area contributed by atoms with Crippen molar-refractivity contribution in [1.29, 1.82) is 0 Å². The van der Waals surface area contributed by atoms with E-state index in [1.54, 1.807) is 7.05 Å². The quantitative estimate of drug-likeness (QED) is 0.630. The van der Waals surface area contributed by atoms with Gasteiger partial charge in [0, 0.05) is 0 Å². The summed E-state index contributed by atoms with van der Waals surface area (Å²) in [4.78, 5) is 10.9. The normalized spacial score (nSPS) is 11.1. The van der Waals surface area contributed by atoms with Crippen molar-refractivity contribution < 1.29 is 4.79 Å². The van der Waals surface area contributed by atoms with Gasteiger partial charge >= 0.3 is 63.7 Å². The van der Waals surface area contributed by atoms with Gasteiger partial charge in [0.15, 0.2) is 0 Å². The number of amides is 1. The van der Waals surface area contributed by atoms with E-state index in [-0.39, 0.29) is 11.3 Å². The molecule has 53 valence electrons. The van der Waals surface area contributed by atoms with Crippen molar-refractivity contribution in [3.63, 3.8) is 0 Å². The van der Waals surface area contributed by atoms with E-state index in [0.717, 1.165) is 5.32 Å². The Balaban J connectivity index is 3.97. The average Bonchev–Trinajstić information content (AvgIpc) is 1.86. The molecule has 0 aliphatic carbocycles. The molecule has 0 aromatic carbocycles. The molecule has 0 heterocycles. The van der Waals surface area contributed by atoms with Crippen molar-refractivity contribution in [2.24, 2.45) is 5.41 Å². The minimum atomic E-state index is -0.255. The van der Waals surface area contributed by atoms with Crippen LogP contribution in [0.3, 0.4) is 0 Å². The molecule has 0 fully saturated rings. The van der Waals surface area contributed by atoms with Crippen molar-refractivity contribution in [2.45, 2.75) is 19.2 Å². The van der Waals surface area contributed by atoms with E-state index < -0.39 is 0 Å². The third-order valence-corrected chi connectivity index (χ3v) is 2.72. The molecule has 0 atom stereocenters. The van der Waals surface area contributed by atoms with Crippen LogP contribution in [-0.2, 0) is 4.79 Å². The van der Waals surface area contributed by atoms with E-state index in [2.05, 4.69) is 21.3 Å². The molecule has 0 rings (SSSR count). The van der Waals surface area contributed by atoms with Crippen LogP contribution in [0, 0.1) is 5.41 Å². The predicted molar refractivity (Wildman–Crippen MR) is 38.4 cm³/mol. The van der Waals surface area contributed by atoms with Crippen LogP contribution in [0.15, 0.2) is 0 Å². The Morgan fingerprint density at radius 2 is 2.11 bits per heavy atom. The first kappa shape index (κ1) is 8.99. The van der Waals surface area contributed by atoms with Gasteiger partial charge in [0.2, 0.25) is 0 Å². The van der Waals surface area contributed by atoms with Crippen molar-refractivity contribution in [1.82, 2.24) is 5.32 Å². The molecule has 2 nitrogen and oxygen atoms in total. The molecule has 1 N–H and O–H groups in total. The molecule has 0 spiro atoms. The molecule has 9 heavy (non-hydrogen) atoms. The van der Waals surface area contributed by atoms with Crippen molar-refractivity contribution >= 4 is 21.9 Å².